The highest BCUT2D eigenvalue weighted by molar-refractivity contribution is 6.26. The number of nitrogens with zero attached hydrogens (tertiary/aromatic N) is 2. The first-order valence-electron chi connectivity index (χ1n) is 25.3. The van der Waals surface area contributed by atoms with Crippen LogP contribution >= 0.6 is 0 Å². The van der Waals surface area contributed by atoms with Crippen LogP contribution in [0.15, 0.2) is 254 Å². The predicted molar refractivity (Wildman–Crippen MR) is 317 cm³/mol. The Bertz CT molecular complexity index is 4080. The Hall–Kier alpha value is -8.85. The Kier molecular flexibility index (Phi) is 12.6. The molecule has 0 aliphatic heterocycles. The molecule has 2 heteroatoms. The number of allylic oxidation sites excluding steroid dienone is 7. The van der Waals surface area contributed by atoms with Crippen LogP contribution in [0.3, 0.4) is 0 Å². The van der Waals surface area contributed by atoms with Crippen molar-refractivity contribution in [2.45, 2.75) is 40.5 Å². The van der Waals surface area contributed by atoms with Crippen LogP contribution in [-0.2, 0) is 12.8 Å². The van der Waals surface area contributed by atoms with E-state index in [0.29, 0.717) is 0 Å². The summed E-state index contributed by atoms with van der Waals surface area (Å²) in [5.74, 6) is 0. The number of rotatable bonds is 7. The van der Waals surface area contributed by atoms with E-state index in [1.807, 2.05) is 19.9 Å². The lowest BCUT2D eigenvalue weighted by Gasteiger charge is -2.11. The van der Waals surface area contributed by atoms with Gasteiger partial charge in [0, 0.05) is 27.9 Å². The molecule has 0 atom stereocenters. The Morgan fingerprint density at radius 1 is 0.493 bits per heavy atom. The first-order chi connectivity index (χ1) is 35.7. The van der Waals surface area contributed by atoms with Crippen molar-refractivity contribution in [3.05, 3.63) is 283 Å². The van der Waals surface area contributed by atoms with E-state index >= 15 is 0 Å². The monoisotopic (exact) mass is 938 g/mol. The Balaban J connectivity index is 0.000000126. The zero-order valence-electron chi connectivity index (χ0n) is 42.2. The fraction of sp³-hybridized carbons (Fsp3) is 0.0845. The molecular formula is C71H58N2. The number of hydrogen-bond acceptors (Lipinski definition) is 1. The van der Waals surface area contributed by atoms with Gasteiger partial charge < -0.3 is 4.57 Å². The van der Waals surface area contributed by atoms with E-state index in [2.05, 4.69) is 255 Å². The van der Waals surface area contributed by atoms with E-state index in [1.54, 1.807) is 0 Å². The minimum atomic E-state index is 0.830. The van der Waals surface area contributed by atoms with Crippen LogP contribution in [-0.4, -0.2) is 10.3 Å². The third-order valence-electron chi connectivity index (χ3n) is 14.5. The van der Waals surface area contributed by atoms with Crippen LogP contribution in [0.2, 0.25) is 0 Å². The fourth-order valence-corrected chi connectivity index (χ4v) is 11.3. The van der Waals surface area contributed by atoms with E-state index in [9.17, 15) is 0 Å². The number of aromatic nitrogens is 1. The molecule has 0 saturated carbocycles. The highest BCUT2D eigenvalue weighted by atomic mass is 15.0. The summed E-state index contributed by atoms with van der Waals surface area (Å²) in [5, 5.41) is 10.3. The molecule has 1 heterocycles. The van der Waals surface area contributed by atoms with Gasteiger partial charge in [-0.25, -0.2) is 0 Å². The number of para-hydroxylation sites is 2. The van der Waals surface area contributed by atoms with Crippen LogP contribution < -0.4 is 0 Å². The number of fused-ring (bicyclic) bond motifs is 13. The lowest BCUT2D eigenvalue weighted by molar-refractivity contribution is 1.18. The van der Waals surface area contributed by atoms with Gasteiger partial charge in [-0.2, -0.15) is 0 Å². The molecule has 352 valence electrons. The molecule has 11 aromatic rings. The van der Waals surface area contributed by atoms with Gasteiger partial charge in [-0.1, -0.05) is 201 Å². The van der Waals surface area contributed by atoms with Gasteiger partial charge in [-0.15, -0.1) is 0 Å². The largest absolute Gasteiger partial charge is 0.309 e. The van der Waals surface area contributed by atoms with Gasteiger partial charge in [0.25, 0.3) is 0 Å². The van der Waals surface area contributed by atoms with E-state index < -0.39 is 0 Å². The number of aliphatic imine (C=N–C) groups is 1. The van der Waals surface area contributed by atoms with Gasteiger partial charge in [-0.05, 0) is 182 Å². The molecule has 10 aromatic carbocycles. The summed E-state index contributed by atoms with van der Waals surface area (Å²) in [4.78, 5) is 4.52. The summed E-state index contributed by atoms with van der Waals surface area (Å²) in [5.41, 5.74) is 22.5. The fourth-order valence-electron chi connectivity index (χ4n) is 11.3. The molecule has 73 heavy (non-hydrogen) atoms. The molecule has 0 N–H and O–H groups in total. The normalized spacial score (nSPS) is 12.7. The third kappa shape index (κ3) is 8.66. The maximum absolute atomic E-state index is 4.52. The van der Waals surface area contributed by atoms with Crippen molar-refractivity contribution in [3.8, 4) is 27.9 Å². The number of benzene rings is 10. The predicted octanol–water partition coefficient (Wildman–Crippen LogP) is 19.3. The Morgan fingerprint density at radius 2 is 1.08 bits per heavy atom. The highest BCUT2D eigenvalue weighted by Gasteiger charge is 2.22. The van der Waals surface area contributed by atoms with Gasteiger partial charge in [0.1, 0.15) is 0 Å². The summed E-state index contributed by atoms with van der Waals surface area (Å²) in [6.07, 6.45) is 8.36. The maximum atomic E-state index is 4.52. The molecular weight excluding hydrogens is 881 g/mol. The summed E-state index contributed by atoms with van der Waals surface area (Å²) >= 11 is 0. The summed E-state index contributed by atoms with van der Waals surface area (Å²) in [6.45, 7) is 20.2. The van der Waals surface area contributed by atoms with Crippen LogP contribution in [0.5, 0.6) is 0 Å². The third-order valence-corrected chi connectivity index (χ3v) is 14.5. The number of hydrogen-bond donors (Lipinski definition) is 0. The summed E-state index contributed by atoms with van der Waals surface area (Å²) < 4.78 is 2.36. The minimum absolute atomic E-state index is 0.830. The summed E-state index contributed by atoms with van der Waals surface area (Å²) in [7, 11) is 0. The van der Waals surface area contributed by atoms with Crippen LogP contribution in [0.1, 0.15) is 61.1 Å². The highest BCUT2D eigenvalue weighted by Crippen LogP contribution is 2.42. The van der Waals surface area contributed by atoms with Crippen molar-refractivity contribution in [1.29, 1.82) is 0 Å². The van der Waals surface area contributed by atoms with E-state index in [0.717, 1.165) is 35.4 Å². The second kappa shape index (κ2) is 19.7. The van der Waals surface area contributed by atoms with Crippen molar-refractivity contribution in [3.63, 3.8) is 0 Å². The lowest BCUT2D eigenvalue weighted by atomic mass is 9.93. The van der Waals surface area contributed by atoms with Gasteiger partial charge in [-0.3, -0.25) is 4.99 Å². The Labute approximate surface area is 429 Å². The first-order valence-corrected chi connectivity index (χ1v) is 25.3. The molecule has 0 saturated heterocycles. The molecule has 13 rings (SSSR count). The van der Waals surface area contributed by atoms with Crippen molar-refractivity contribution in [2.75, 3.05) is 0 Å². The van der Waals surface area contributed by atoms with E-state index in [4.69, 9.17) is 0 Å². The summed E-state index contributed by atoms with van der Waals surface area (Å²) in [6, 6.07) is 72.1. The SMILES string of the molecule is C=C(C)N=C(C)c1ccc2c3ccccc3c3ccccc3c2c1.C=C(C)c1cccc2c1-c1ccccc1C2.C=CC1=C(/C=C\C)Cc2ccc(-c3ccc4c(c3)c3ccccc3n4-c3ccccc3)cc21. The van der Waals surface area contributed by atoms with Crippen molar-refractivity contribution >= 4 is 71.0 Å². The molecule has 0 bridgehead atoms. The molecule has 0 amide bonds. The molecule has 2 nitrogen and oxygen atoms in total. The maximum Gasteiger partial charge on any atom is 0.0541 e. The van der Waals surface area contributed by atoms with E-state index in [1.165, 1.54) is 121 Å². The standard InChI is InChI=1S/C32H25N.C23H19N.C16H14/c1-3-10-24-19-25-16-15-22(20-29(25)27(24)4-2)23-17-18-32-30(21-23)28-13-8-9-14-31(28)33(32)26-11-6-5-7-12-26;1-15(2)24-16(3)17-12-13-22-20-10-5-4-8-18(20)19-9-6-7-11-21(19)23(22)14-17;1-11(2)14-9-5-7-13-10-12-6-3-4-8-15(12)16(13)14/h3-18,20-21H,2,19H2,1H3;4-14H,1H2,2-3H3;3-9H,1,10H2,2H3/b10-3-;;. The average molecular weight is 939 g/mol. The van der Waals surface area contributed by atoms with Gasteiger partial charge in [0.2, 0.25) is 0 Å². The smallest absolute Gasteiger partial charge is 0.0541 e. The van der Waals surface area contributed by atoms with Crippen molar-refractivity contribution < 1.29 is 0 Å². The zero-order valence-corrected chi connectivity index (χ0v) is 42.2. The average Bonchev–Trinajstić information content (AvgIpc) is 4.10. The quantitative estimate of drug-likeness (QED) is 0.112. The Morgan fingerprint density at radius 3 is 1.78 bits per heavy atom. The van der Waals surface area contributed by atoms with Gasteiger partial charge in [0.15, 0.2) is 0 Å². The molecule has 2 aliphatic carbocycles. The van der Waals surface area contributed by atoms with Crippen molar-refractivity contribution in [1.82, 2.24) is 4.57 Å². The molecule has 1 aromatic heterocycles. The van der Waals surface area contributed by atoms with Gasteiger partial charge >= 0.3 is 0 Å². The first kappa shape index (κ1) is 46.5. The lowest BCUT2D eigenvalue weighted by Crippen LogP contribution is -1.95. The topological polar surface area (TPSA) is 17.3 Å². The molecule has 0 fully saturated rings. The molecule has 0 spiro atoms. The molecule has 0 unspecified atom stereocenters. The van der Waals surface area contributed by atoms with Crippen LogP contribution in [0.4, 0.5) is 0 Å². The molecule has 0 radical (unpaired) electrons. The second-order valence-electron chi connectivity index (χ2n) is 19.3. The van der Waals surface area contributed by atoms with Crippen molar-refractivity contribution in [2.24, 2.45) is 4.99 Å². The van der Waals surface area contributed by atoms with Crippen LogP contribution in [0, 0.1) is 0 Å². The van der Waals surface area contributed by atoms with Crippen LogP contribution in [0.25, 0.3) is 93.2 Å². The molecule has 2 aliphatic rings. The van der Waals surface area contributed by atoms with Gasteiger partial charge in [0.05, 0.1) is 11.0 Å². The van der Waals surface area contributed by atoms with E-state index in [-0.39, 0.29) is 0 Å². The minimum Gasteiger partial charge on any atom is -0.309 e. The zero-order chi connectivity index (χ0) is 50.2. The second-order valence-corrected chi connectivity index (χ2v) is 19.3.